The van der Waals surface area contributed by atoms with Crippen LogP contribution in [0.1, 0.15) is 51.2 Å². The van der Waals surface area contributed by atoms with Gasteiger partial charge in [0.15, 0.2) is 0 Å². The van der Waals surface area contributed by atoms with Crippen LogP contribution in [0.2, 0.25) is 0 Å². The number of hydrogen-bond donors (Lipinski definition) is 1. The van der Waals surface area contributed by atoms with Gasteiger partial charge in [0, 0.05) is 6.54 Å². The SMILES string of the molecule is CCCCCN(C)CC(O)c1ccc(OCCC)cc1. The standard InChI is InChI=1S/C17H29NO2/c1-4-6-7-12-18(3)14-17(19)15-8-10-16(11-9-15)20-13-5-2/h8-11,17,19H,4-7,12-14H2,1-3H3. The molecular weight excluding hydrogens is 250 g/mol. The van der Waals surface area contributed by atoms with Gasteiger partial charge in [0.25, 0.3) is 0 Å². The lowest BCUT2D eigenvalue weighted by atomic mass is 10.1. The van der Waals surface area contributed by atoms with Gasteiger partial charge in [0.2, 0.25) is 0 Å². The summed E-state index contributed by atoms with van der Waals surface area (Å²) >= 11 is 0. The third-order valence-electron chi connectivity index (χ3n) is 3.37. The predicted octanol–water partition coefficient (Wildman–Crippen LogP) is 3.63. The molecule has 1 unspecified atom stereocenters. The normalized spacial score (nSPS) is 12.7. The number of hydrogen-bond acceptors (Lipinski definition) is 3. The molecule has 0 aliphatic rings. The van der Waals surface area contributed by atoms with E-state index in [1.165, 1.54) is 19.3 Å². The van der Waals surface area contributed by atoms with Crippen LogP contribution >= 0.6 is 0 Å². The highest BCUT2D eigenvalue weighted by molar-refractivity contribution is 5.28. The average Bonchev–Trinajstić information content (AvgIpc) is 2.46. The first-order chi connectivity index (χ1) is 9.67. The first kappa shape index (κ1) is 17.0. The summed E-state index contributed by atoms with van der Waals surface area (Å²) in [6.45, 7) is 6.76. The van der Waals surface area contributed by atoms with Gasteiger partial charge in [0.1, 0.15) is 5.75 Å². The number of ether oxygens (including phenoxy) is 1. The van der Waals surface area contributed by atoms with Crippen molar-refractivity contribution in [3.63, 3.8) is 0 Å². The maximum atomic E-state index is 10.2. The topological polar surface area (TPSA) is 32.7 Å². The molecule has 0 radical (unpaired) electrons. The molecule has 20 heavy (non-hydrogen) atoms. The van der Waals surface area contributed by atoms with Crippen LogP contribution in [0.4, 0.5) is 0 Å². The van der Waals surface area contributed by atoms with Crippen molar-refractivity contribution in [3.05, 3.63) is 29.8 Å². The number of unbranched alkanes of at least 4 members (excludes halogenated alkanes) is 2. The van der Waals surface area contributed by atoms with Crippen LogP contribution in [0.25, 0.3) is 0 Å². The Balaban J connectivity index is 2.40. The summed E-state index contributed by atoms with van der Waals surface area (Å²) in [6.07, 6.45) is 4.26. The zero-order valence-electron chi connectivity index (χ0n) is 13.1. The Labute approximate surface area is 123 Å². The maximum Gasteiger partial charge on any atom is 0.119 e. The van der Waals surface area contributed by atoms with E-state index >= 15 is 0 Å². The predicted molar refractivity (Wildman–Crippen MR) is 84.2 cm³/mol. The zero-order valence-corrected chi connectivity index (χ0v) is 13.1. The van der Waals surface area contributed by atoms with Gasteiger partial charge < -0.3 is 14.7 Å². The van der Waals surface area contributed by atoms with Crippen LogP contribution < -0.4 is 4.74 Å². The summed E-state index contributed by atoms with van der Waals surface area (Å²) in [6, 6.07) is 7.78. The molecule has 0 bridgehead atoms. The van der Waals surface area contributed by atoms with Crippen molar-refractivity contribution in [2.75, 3.05) is 26.7 Å². The molecule has 0 spiro atoms. The van der Waals surface area contributed by atoms with Gasteiger partial charge in [-0.25, -0.2) is 0 Å². The molecule has 0 heterocycles. The minimum absolute atomic E-state index is 0.429. The van der Waals surface area contributed by atoms with E-state index in [0.717, 1.165) is 30.9 Å². The molecule has 1 N–H and O–H groups in total. The van der Waals surface area contributed by atoms with Gasteiger partial charge in [-0.3, -0.25) is 0 Å². The monoisotopic (exact) mass is 279 g/mol. The summed E-state index contributed by atoms with van der Waals surface area (Å²) in [7, 11) is 2.07. The van der Waals surface area contributed by atoms with Crippen LogP contribution in [0.5, 0.6) is 5.75 Å². The molecule has 3 heteroatoms. The number of benzene rings is 1. The fourth-order valence-corrected chi connectivity index (χ4v) is 2.13. The largest absolute Gasteiger partial charge is 0.494 e. The summed E-state index contributed by atoms with van der Waals surface area (Å²) in [4.78, 5) is 2.20. The van der Waals surface area contributed by atoms with Crippen LogP contribution in [-0.2, 0) is 0 Å². The average molecular weight is 279 g/mol. The molecule has 1 atom stereocenters. The maximum absolute atomic E-state index is 10.2. The molecular formula is C17H29NO2. The minimum atomic E-state index is -0.429. The van der Waals surface area contributed by atoms with Crippen molar-refractivity contribution in [1.29, 1.82) is 0 Å². The molecule has 114 valence electrons. The summed E-state index contributed by atoms with van der Waals surface area (Å²) in [5, 5.41) is 10.2. The first-order valence-corrected chi connectivity index (χ1v) is 7.76. The smallest absolute Gasteiger partial charge is 0.119 e. The van der Waals surface area contributed by atoms with E-state index in [4.69, 9.17) is 4.74 Å². The Kier molecular flexibility index (Phi) is 8.31. The molecule has 0 saturated carbocycles. The zero-order chi connectivity index (χ0) is 14.8. The van der Waals surface area contributed by atoms with E-state index in [9.17, 15) is 5.11 Å². The van der Waals surface area contributed by atoms with Gasteiger partial charge in [-0.2, -0.15) is 0 Å². The second kappa shape index (κ2) is 9.78. The molecule has 1 aromatic carbocycles. The van der Waals surface area contributed by atoms with Crippen LogP contribution in [-0.4, -0.2) is 36.8 Å². The highest BCUT2D eigenvalue weighted by atomic mass is 16.5. The van der Waals surface area contributed by atoms with E-state index in [-0.39, 0.29) is 0 Å². The molecule has 0 amide bonds. The Morgan fingerprint density at radius 1 is 1.10 bits per heavy atom. The highest BCUT2D eigenvalue weighted by Crippen LogP contribution is 2.18. The Morgan fingerprint density at radius 2 is 1.80 bits per heavy atom. The molecule has 0 saturated heterocycles. The number of nitrogens with zero attached hydrogens (tertiary/aromatic N) is 1. The second-order valence-corrected chi connectivity index (χ2v) is 5.40. The van der Waals surface area contributed by atoms with Crippen LogP contribution in [0.15, 0.2) is 24.3 Å². The van der Waals surface area contributed by atoms with E-state index in [0.29, 0.717) is 6.54 Å². The quantitative estimate of drug-likeness (QED) is 0.664. The van der Waals surface area contributed by atoms with Crippen molar-refractivity contribution in [2.45, 2.75) is 45.6 Å². The third-order valence-corrected chi connectivity index (χ3v) is 3.37. The molecule has 1 aromatic rings. The van der Waals surface area contributed by atoms with Crippen LogP contribution in [0, 0.1) is 0 Å². The molecule has 0 fully saturated rings. The van der Waals surface area contributed by atoms with E-state index < -0.39 is 6.10 Å². The fraction of sp³-hybridized carbons (Fsp3) is 0.647. The number of rotatable bonds is 10. The number of aliphatic hydroxyl groups excluding tert-OH is 1. The lowest BCUT2D eigenvalue weighted by Gasteiger charge is -2.20. The van der Waals surface area contributed by atoms with Crippen molar-refractivity contribution in [3.8, 4) is 5.75 Å². The highest BCUT2D eigenvalue weighted by Gasteiger charge is 2.10. The van der Waals surface area contributed by atoms with Crippen molar-refractivity contribution in [1.82, 2.24) is 4.90 Å². The lowest BCUT2D eigenvalue weighted by molar-refractivity contribution is 0.126. The van der Waals surface area contributed by atoms with Gasteiger partial charge >= 0.3 is 0 Å². The van der Waals surface area contributed by atoms with Crippen molar-refractivity contribution >= 4 is 0 Å². The first-order valence-electron chi connectivity index (χ1n) is 7.76. The Morgan fingerprint density at radius 3 is 2.40 bits per heavy atom. The molecule has 1 rings (SSSR count). The second-order valence-electron chi connectivity index (χ2n) is 5.40. The van der Waals surface area contributed by atoms with Gasteiger partial charge in [0.05, 0.1) is 12.7 Å². The van der Waals surface area contributed by atoms with Crippen LogP contribution in [0.3, 0.4) is 0 Å². The summed E-state index contributed by atoms with van der Waals surface area (Å²) in [5.41, 5.74) is 0.955. The van der Waals surface area contributed by atoms with E-state index in [1.807, 2.05) is 24.3 Å². The Bertz CT molecular complexity index is 351. The molecule has 0 aliphatic heterocycles. The molecule has 0 aromatic heterocycles. The van der Waals surface area contributed by atoms with Crippen molar-refractivity contribution < 1.29 is 9.84 Å². The van der Waals surface area contributed by atoms with E-state index in [1.54, 1.807) is 0 Å². The van der Waals surface area contributed by atoms with Crippen molar-refractivity contribution in [2.24, 2.45) is 0 Å². The lowest BCUT2D eigenvalue weighted by Crippen LogP contribution is -2.25. The fourth-order valence-electron chi connectivity index (χ4n) is 2.13. The van der Waals surface area contributed by atoms with E-state index in [2.05, 4.69) is 25.8 Å². The number of aliphatic hydroxyl groups is 1. The summed E-state index contributed by atoms with van der Waals surface area (Å²) in [5.74, 6) is 0.874. The number of likely N-dealkylation sites (N-methyl/N-ethyl adjacent to an activating group) is 1. The van der Waals surface area contributed by atoms with Gasteiger partial charge in [-0.15, -0.1) is 0 Å². The third kappa shape index (κ3) is 6.40. The molecule has 3 nitrogen and oxygen atoms in total. The molecule has 0 aliphatic carbocycles. The minimum Gasteiger partial charge on any atom is -0.494 e. The Hall–Kier alpha value is -1.06. The van der Waals surface area contributed by atoms with Gasteiger partial charge in [-0.05, 0) is 44.1 Å². The van der Waals surface area contributed by atoms with Gasteiger partial charge in [-0.1, -0.05) is 38.8 Å². The summed E-state index contributed by atoms with van der Waals surface area (Å²) < 4.78 is 5.54.